The number of nitrogens with one attached hydrogen (secondary N) is 1. The number of hydrogen-bond acceptors (Lipinski definition) is 10. The number of piperidine rings is 1. The first-order valence-electron chi connectivity index (χ1n) is 12.0. The summed E-state index contributed by atoms with van der Waals surface area (Å²) < 4.78 is 11.9. The number of amides is 2. The molecule has 13 heteroatoms. The molecule has 36 heavy (non-hydrogen) atoms. The molecule has 13 nitrogen and oxygen atoms in total. The molecule has 0 unspecified atom stereocenters. The molecular formula is C23H29N7O6. The van der Waals surface area contributed by atoms with Gasteiger partial charge in [-0.15, -0.1) is 0 Å². The van der Waals surface area contributed by atoms with Crippen LogP contribution in [0, 0.1) is 17.8 Å². The van der Waals surface area contributed by atoms with Gasteiger partial charge in [0, 0.05) is 25.6 Å². The van der Waals surface area contributed by atoms with Crippen LogP contribution in [0.1, 0.15) is 44.2 Å². The lowest BCUT2D eigenvalue weighted by molar-refractivity contribution is -0.137. The van der Waals surface area contributed by atoms with E-state index in [1.807, 2.05) is 0 Å². The monoisotopic (exact) mass is 499 g/mol. The lowest BCUT2D eigenvalue weighted by atomic mass is 9.94. The van der Waals surface area contributed by atoms with Crippen LogP contribution in [0.5, 0.6) is 0 Å². The SMILES string of the molecule is COC(=O)N1CCC(CC#Cc2nc(N)c3ncn([C@@H]4O[C@H](C(=O)NC5CC5)[C@H](O)[C@@H]4O)c3n2)CC1. The summed E-state index contributed by atoms with van der Waals surface area (Å²) >= 11 is 0. The summed E-state index contributed by atoms with van der Waals surface area (Å²) in [5.41, 5.74) is 6.65. The van der Waals surface area contributed by atoms with Gasteiger partial charge >= 0.3 is 6.09 Å². The maximum atomic E-state index is 12.4. The summed E-state index contributed by atoms with van der Waals surface area (Å²) in [5.74, 6) is 6.21. The first-order chi connectivity index (χ1) is 17.4. The van der Waals surface area contributed by atoms with Gasteiger partial charge in [-0.2, -0.15) is 0 Å². The Morgan fingerprint density at radius 3 is 2.67 bits per heavy atom. The van der Waals surface area contributed by atoms with Gasteiger partial charge in [0.1, 0.15) is 17.7 Å². The topological polar surface area (TPSA) is 178 Å². The number of fused-ring (bicyclic) bond motifs is 1. The Labute approximate surface area is 207 Å². The minimum atomic E-state index is -1.41. The Bertz CT molecular complexity index is 1210. The third-order valence-corrected chi connectivity index (χ3v) is 6.78. The number of hydrogen-bond donors (Lipinski definition) is 4. The first kappa shape index (κ1) is 24.2. The molecule has 1 saturated carbocycles. The first-order valence-corrected chi connectivity index (χ1v) is 12.0. The van der Waals surface area contributed by atoms with E-state index < -0.39 is 30.4 Å². The summed E-state index contributed by atoms with van der Waals surface area (Å²) in [4.78, 5) is 38.6. The summed E-state index contributed by atoms with van der Waals surface area (Å²) in [6.45, 7) is 1.26. The van der Waals surface area contributed by atoms with Gasteiger partial charge in [0.2, 0.25) is 5.82 Å². The number of imidazole rings is 1. The lowest BCUT2D eigenvalue weighted by Crippen LogP contribution is -2.43. The summed E-state index contributed by atoms with van der Waals surface area (Å²) in [6, 6.07) is 0.0904. The number of methoxy groups -OCH3 is 1. The highest BCUT2D eigenvalue weighted by molar-refractivity contribution is 5.83. The number of ether oxygens (including phenoxy) is 2. The van der Waals surface area contributed by atoms with E-state index in [0.29, 0.717) is 30.9 Å². The van der Waals surface area contributed by atoms with Crippen LogP contribution < -0.4 is 11.1 Å². The quantitative estimate of drug-likeness (QED) is 0.402. The second-order valence-electron chi connectivity index (χ2n) is 9.37. The minimum absolute atomic E-state index is 0.0904. The van der Waals surface area contributed by atoms with E-state index in [4.69, 9.17) is 15.2 Å². The standard InChI is InChI=1S/C23H29N7O6/c1-35-23(34)29-9-7-12(8-10-29)3-2-4-14-27-19(24)15-20(28-14)30(11-25-15)22-17(32)16(31)18(36-22)21(33)26-13-5-6-13/h11-13,16-18,22,31-32H,3,5-10H2,1H3,(H,26,33)(H2,24,27,28)/t16-,17+,18+,22-/m1/s1. The molecule has 5 rings (SSSR count). The average Bonchev–Trinajstić information content (AvgIpc) is 3.51. The largest absolute Gasteiger partial charge is 0.453 e. The number of rotatable bonds is 4. The van der Waals surface area contributed by atoms with Crippen molar-refractivity contribution in [3.05, 3.63) is 12.2 Å². The normalized spacial score (nSPS) is 26.5. The highest BCUT2D eigenvalue weighted by atomic mass is 16.6. The highest BCUT2D eigenvalue weighted by Gasteiger charge is 2.48. The van der Waals surface area contributed by atoms with Gasteiger partial charge in [-0.05, 0) is 37.5 Å². The lowest BCUT2D eigenvalue weighted by Gasteiger charge is -2.29. The van der Waals surface area contributed by atoms with Crippen LogP contribution in [0.4, 0.5) is 10.6 Å². The molecule has 1 aliphatic carbocycles. The van der Waals surface area contributed by atoms with Gasteiger partial charge < -0.3 is 35.6 Å². The van der Waals surface area contributed by atoms with Crippen LogP contribution in [0.25, 0.3) is 11.2 Å². The summed E-state index contributed by atoms with van der Waals surface area (Å²) in [6.07, 6.45) is 0.0242. The molecule has 2 aromatic heterocycles. The molecule has 0 bridgehead atoms. The number of aliphatic hydroxyl groups is 2. The van der Waals surface area contributed by atoms with Gasteiger partial charge in [0.05, 0.1) is 13.4 Å². The number of nitrogens with zero attached hydrogens (tertiary/aromatic N) is 5. The van der Waals surface area contributed by atoms with Crippen LogP contribution in [0.15, 0.2) is 6.33 Å². The third-order valence-electron chi connectivity index (χ3n) is 6.78. The van der Waals surface area contributed by atoms with E-state index in [1.165, 1.54) is 18.0 Å². The molecular weight excluding hydrogens is 470 g/mol. The zero-order valence-corrected chi connectivity index (χ0v) is 19.8. The van der Waals surface area contributed by atoms with Crippen LogP contribution >= 0.6 is 0 Å². The van der Waals surface area contributed by atoms with Gasteiger partial charge in [0.25, 0.3) is 5.91 Å². The summed E-state index contributed by atoms with van der Waals surface area (Å²) in [7, 11) is 1.38. The number of anilines is 1. The van der Waals surface area contributed by atoms with Crippen molar-refractivity contribution in [2.24, 2.45) is 5.92 Å². The molecule has 2 aromatic rings. The van der Waals surface area contributed by atoms with Crippen LogP contribution in [0.3, 0.4) is 0 Å². The molecule has 0 aromatic carbocycles. The Hall–Kier alpha value is -3.47. The fourth-order valence-electron chi connectivity index (χ4n) is 4.52. The average molecular weight is 500 g/mol. The minimum Gasteiger partial charge on any atom is -0.453 e. The van der Waals surface area contributed by atoms with Crippen molar-refractivity contribution in [3.8, 4) is 11.8 Å². The van der Waals surface area contributed by atoms with Crippen LogP contribution in [0.2, 0.25) is 0 Å². The van der Waals surface area contributed by atoms with E-state index in [2.05, 4.69) is 32.1 Å². The smallest absolute Gasteiger partial charge is 0.409 e. The summed E-state index contributed by atoms with van der Waals surface area (Å²) in [5, 5.41) is 23.8. The Morgan fingerprint density at radius 2 is 1.97 bits per heavy atom. The molecule has 2 aliphatic heterocycles. The van der Waals surface area contributed by atoms with Crippen molar-refractivity contribution >= 4 is 29.0 Å². The Morgan fingerprint density at radius 1 is 1.22 bits per heavy atom. The van der Waals surface area contributed by atoms with Crippen molar-refractivity contribution in [1.29, 1.82) is 0 Å². The van der Waals surface area contributed by atoms with E-state index in [9.17, 15) is 19.8 Å². The maximum Gasteiger partial charge on any atom is 0.409 e. The molecule has 0 radical (unpaired) electrons. The van der Waals surface area contributed by atoms with Crippen molar-refractivity contribution < 1.29 is 29.3 Å². The number of aromatic nitrogens is 4. The molecule has 3 aliphatic rings. The number of nitrogen functional groups attached to an aromatic ring is 1. The second kappa shape index (κ2) is 9.88. The molecule has 4 heterocycles. The maximum absolute atomic E-state index is 12.4. The van der Waals surface area contributed by atoms with E-state index in [-0.39, 0.29) is 29.4 Å². The zero-order valence-electron chi connectivity index (χ0n) is 19.8. The second-order valence-corrected chi connectivity index (χ2v) is 9.37. The molecule has 2 saturated heterocycles. The number of likely N-dealkylation sites (tertiary alicyclic amines) is 1. The van der Waals surface area contributed by atoms with Gasteiger partial charge in [-0.3, -0.25) is 9.36 Å². The molecule has 192 valence electrons. The fraction of sp³-hybridized carbons (Fsp3) is 0.609. The van der Waals surface area contributed by atoms with E-state index >= 15 is 0 Å². The van der Waals surface area contributed by atoms with Crippen molar-refractivity contribution in [1.82, 2.24) is 29.7 Å². The van der Waals surface area contributed by atoms with Crippen LogP contribution in [-0.4, -0.2) is 91.2 Å². The van der Waals surface area contributed by atoms with E-state index in [1.54, 1.807) is 4.90 Å². The van der Waals surface area contributed by atoms with Crippen molar-refractivity contribution in [2.45, 2.75) is 62.7 Å². The Balaban J connectivity index is 1.29. The number of nitrogens with two attached hydrogens (primary N) is 1. The van der Waals surface area contributed by atoms with Gasteiger partial charge in [0.15, 0.2) is 23.8 Å². The predicted molar refractivity (Wildman–Crippen MR) is 125 cm³/mol. The van der Waals surface area contributed by atoms with Crippen LogP contribution in [-0.2, 0) is 14.3 Å². The number of carbonyl (C=O) groups is 2. The molecule has 2 amide bonds. The van der Waals surface area contributed by atoms with Gasteiger partial charge in [-0.1, -0.05) is 5.92 Å². The molecule has 3 fully saturated rings. The number of carbonyl (C=O) groups excluding carboxylic acids is 2. The molecule has 4 atom stereocenters. The fourth-order valence-corrected chi connectivity index (χ4v) is 4.52. The predicted octanol–water partition coefficient (Wildman–Crippen LogP) is -0.474. The Kier molecular flexibility index (Phi) is 6.65. The highest BCUT2D eigenvalue weighted by Crippen LogP contribution is 2.33. The van der Waals surface area contributed by atoms with Crippen molar-refractivity contribution in [2.75, 3.05) is 25.9 Å². The zero-order chi connectivity index (χ0) is 25.4. The van der Waals surface area contributed by atoms with Gasteiger partial charge in [-0.25, -0.2) is 19.7 Å². The molecule has 0 spiro atoms. The third kappa shape index (κ3) is 4.79. The molecule has 5 N–H and O–H groups in total. The van der Waals surface area contributed by atoms with Crippen molar-refractivity contribution in [3.63, 3.8) is 0 Å². The number of aliphatic hydroxyl groups excluding tert-OH is 2. The van der Waals surface area contributed by atoms with E-state index in [0.717, 1.165) is 25.7 Å².